The van der Waals surface area contributed by atoms with E-state index < -0.39 is 5.97 Å². The number of carboxylic acid groups (broad SMARTS) is 1. The van der Waals surface area contributed by atoms with Crippen LogP contribution in [0.4, 0.5) is 0 Å². The quantitative estimate of drug-likeness (QED) is 0.894. The fourth-order valence-corrected chi connectivity index (χ4v) is 2.04. The van der Waals surface area contributed by atoms with Gasteiger partial charge in [-0.05, 0) is 35.2 Å². The minimum absolute atomic E-state index is 0.0339. The molecule has 1 N–H and O–H groups in total. The van der Waals surface area contributed by atoms with Crippen molar-refractivity contribution in [1.82, 2.24) is 0 Å². The topological polar surface area (TPSA) is 46.5 Å². The summed E-state index contributed by atoms with van der Waals surface area (Å²) >= 11 is 0. The SMILES string of the molecule is COc1ccc(CC(=O)O)c(Cc2ccccc2)c1. The van der Waals surface area contributed by atoms with E-state index in [1.54, 1.807) is 13.2 Å². The third-order valence-electron chi connectivity index (χ3n) is 2.99. The molecule has 19 heavy (non-hydrogen) atoms. The van der Waals surface area contributed by atoms with Crippen LogP contribution < -0.4 is 4.74 Å². The first-order chi connectivity index (χ1) is 9.19. The second-order valence-electron chi connectivity index (χ2n) is 4.37. The van der Waals surface area contributed by atoms with Gasteiger partial charge in [0.15, 0.2) is 0 Å². The molecule has 3 heteroatoms. The first-order valence-corrected chi connectivity index (χ1v) is 6.10. The molecule has 2 aromatic rings. The summed E-state index contributed by atoms with van der Waals surface area (Å²) in [6.45, 7) is 0. The number of rotatable bonds is 5. The molecule has 0 bridgehead atoms. The number of ether oxygens (including phenoxy) is 1. The molecule has 2 aromatic carbocycles. The van der Waals surface area contributed by atoms with Crippen LogP contribution in [0.1, 0.15) is 16.7 Å². The molecular formula is C16H16O3. The minimum atomic E-state index is -0.820. The second-order valence-corrected chi connectivity index (χ2v) is 4.37. The largest absolute Gasteiger partial charge is 0.497 e. The fraction of sp³-hybridized carbons (Fsp3) is 0.188. The molecule has 0 unspecified atom stereocenters. The lowest BCUT2D eigenvalue weighted by molar-refractivity contribution is -0.136. The lowest BCUT2D eigenvalue weighted by Crippen LogP contribution is -2.04. The van der Waals surface area contributed by atoms with Crippen LogP contribution >= 0.6 is 0 Å². The Labute approximate surface area is 112 Å². The molecule has 0 fully saturated rings. The van der Waals surface area contributed by atoms with Crippen LogP contribution in [0.15, 0.2) is 48.5 Å². The van der Waals surface area contributed by atoms with Gasteiger partial charge in [0.25, 0.3) is 0 Å². The van der Waals surface area contributed by atoms with Crippen molar-refractivity contribution in [2.75, 3.05) is 7.11 Å². The summed E-state index contributed by atoms with van der Waals surface area (Å²) < 4.78 is 5.21. The van der Waals surface area contributed by atoms with Crippen molar-refractivity contribution >= 4 is 5.97 Å². The van der Waals surface area contributed by atoms with Gasteiger partial charge in [-0.25, -0.2) is 0 Å². The highest BCUT2D eigenvalue weighted by atomic mass is 16.5. The number of hydrogen-bond donors (Lipinski definition) is 1. The molecule has 0 aliphatic rings. The fourth-order valence-electron chi connectivity index (χ4n) is 2.04. The summed E-state index contributed by atoms with van der Waals surface area (Å²) in [5.74, 6) is -0.0699. The first kappa shape index (κ1) is 13.1. The summed E-state index contributed by atoms with van der Waals surface area (Å²) in [5, 5.41) is 8.95. The summed E-state index contributed by atoms with van der Waals surface area (Å²) in [6, 6.07) is 15.5. The lowest BCUT2D eigenvalue weighted by atomic mass is 9.97. The third-order valence-corrected chi connectivity index (χ3v) is 2.99. The molecular weight excluding hydrogens is 240 g/mol. The van der Waals surface area contributed by atoms with Gasteiger partial charge in [-0.1, -0.05) is 36.4 Å². The Morgan fingerprint density at radius 2 is 1.84 bits per heavy atom. The van der Waals surface area contributed by atoms with Gasteiger partial charge in [0, 0.05) is 0 Å². The van der Waals surface area contributed by atoms with E-state index in [1.807, 2.05) is 42.5 Å². The zero-order valence-corrected chi connectivity index (χ0v) is 10.8. The number of carbonyl (C=O) groups is 1. The van der Waals surface area contributed by atoms with Crippen molar-refractivity contribution < 1.29 is 14.6 Å². The van der Waals surface area contributed by atoms with Crippen LogP contribution in [0.2, 0.25) is 0 Å². The van der Waals surface area contributed by atoms with Gasteiger partial charge < -0.3 is 9.84 Å². The smallest absolute Gasteiger partial charge is 0.307 e. The van der Waals surface area contributed by atoms with Gasteiger partial charge in [-0.3, -0.25) is 4.79 Å². The van der Waals surface area contributed by atoms with Gasteiger partial charge in [0.05, 0.1) is 13.5 Å². The van der Waals surface area contributed by atoms with Crippen LogP contribution in [0.5, 0.6) is 5.75 Å². The van der Waals surface area contributed by atoms with E-state index in [0.29, 0.717) is 6.42 Å². The van der Waals surface area contributed by atoms with Crippen molar-refractivity contribution in [2.24, 2.45) is 0 Å². The average molecular weight is 256 g/mol. The third kappa shape index (κ3) is 3.58. The Bertz CT molecular complexity index is 561. The molecule has 0 atom stereocenters. The molecule has 2 rings (SSSR count). The van der Waals surface area contributed by atoms with E-state index in [2.05, 4.69) is 0 Å². The van der Waals surface area contributed by atoms with Crippen molar-refractivity contribution in [3.63, 3.8) is 0 Å². The maximum absolute atomic E-state index is 10.9. The number of aliphatic carboxylic acids is 1. The van der Waals surface area contributed by atoms with Crippen molar-refractivity contribution in [2.45, 2.75) is 12.8 Å². The standard InChI is InChI=1S/C16H16O3/c1-19-15-8-7-13(11-16(17)18)14(10-15)9-12-5-3-2-4-6-12/h2-8,10H,9,11H2,1H3,(H,17,18). The molecule has 98 valence electrons. The van der Waals surface area contributed by atoms with Crippen molar-refractivity contribution in [1.29, 1.82) is 0 Å². The van der Waals surface area contributed by atoms with Crippen molar-refractivity contribution in [3.05, 3.63) is 65.2 Å². The van der Waals surface area contributed by atoms with E-state index >= 15 is 0 Å². The Balaban J connectivity index is 2.32. The zero-order chi connectivity index (χ0) is 13.7. The number of benzene rings is 2. The predicted octanol–water partition coefficient (Wildman–Crippen LogP) is 2.91. The molecule has 0 heterocycles. The number of hydrogen-bond acceptors (Lipinski definition) is 2. The Kier molecular flexibility index (Phi) is 4.18. The molecule has 0 aromatic heterocycles. The van der Waals surface area contributed by atoms with Crippen molar-refractivity contribution in [3.8, 4) is 5.75 Å². The zero-order valence-electron chi connectivity index (χ0n) is 10.8. The molecule has 0 radical (unpaired) electrons. The summed E-state index contributed by atoms with van der Waals surface area (Å²) in [4.78, 5) is 10.9. The lowest BCUT2D eigenvalue weighted by Gasteiger charge is -2.10. The number of carboxylic acids is 1. The van der Waals surface area contributed by atoms with Crippen LogP contribution in [0.25, 0.3) is 0 Å². The highest BCUT2D eigenvalue weighted by Gasteiger charge is 2.09. The normalized spacial score (nSPS) is 10.2. The van der Waals surface area contributed by atoms with Gasteiger partial charge >= 0.3 is 5.97 Å². The Hall–Kier alpha value is -2.29. The number of methoxy groups -OCH3 is 1. The Morgan fingerprint density at radius 3 is 2.47 bits per heavy atom. The van der Waals surface area contributed by atoms with E-state index in [-0.39, 0.29) is 6.42 Å². The first-order valence-electron chi connectivity index (χ1n) is 6.10. The van der Waals surface area contributed by atoms with Gasteiger partial charge in [0.2, 0.25) is 0 Å². The van der Waals surface area contributed by atoms with Crippen LogP contribution in [-0.4, -0.2) is 18.2 Å². The van der Waals surface area contributed by atoms with Gasteiger partial charge in [0.1, 0.15) is 5.75 Å². The Morgan fingerprint density at radius 1 is 1.11 bits per heavy atom. The van der Waals surface area contributed by atoms with Crippen LogP contribution in [0.3, 0.4) is 0 Å². The highest BCUT2D eigenvalue weighted by Crippen LogP contribution is 2.21. The molecule has 0 spiro atoms. The predicted molar refractivity (Wildman–Crippen MR) is 73.6 cm³/mol. The maximum Gasteiger partial charge on any atom is 0.307 e. The highest BCUT2D eigenvalue weighted by molar-refractivity contribution is 5.71. The van der Waals surface area contributed by atoms with E-state index in [9.17, 15) is 4.79 Å². The van der Waals surface area contributed by atoms with Crippen LogP contribution in [-0.2, 0) is 17.6 Å². The van der Waals surface area contributed by atoms with E-state index in [0.717, 1.165) is 22.4 Å². The maximum atomic E-state index is 10.9. The summed E-state index contributed by atoms with van der Waals surface area (Å²) in [7, 11) is 1.61. The van der Waals surface area contributed by atoms with E-state index in [4.69, 9.17) is 9.84 Å². The van der Waals surface area contributed by atoms with Crippen LogP contribution in [0, 0.1) is 0 Å². The molecule has 0 aliphatic heterocycles. The minimum Gasteiger partial charge on any atom is -0.497 e. The summed E-state index contributed by atoms with van der Waals surface area (Å²) in [5.41, 5.74) is 2.98. The van der Waals surface area contributed by atoms with Gasteiger partial charge in [-0.2, -0.15) is 0 Å². The molecule has 0 saturated heterocycles. The van der Waals surface area contributed by atoms with E-state index in [1.165, 1.54) is 0 Å². The average Bonchev–Trinajstić information content (AvgIpc) is 2.41. The molecule has 0 amide bonds. The summed E-state index contributed by atoms with van der Waals surface area (Å²) in [6.07, 6.45) is 0.743. The van der Waals surface area contributed by atoms with Gasteiger partial charge in [-0.15, -0.1) is 0 Å². The monoisotopic (exact) mass is 256 g/mol. The molecule has 0 saturated carbocycles. The molecule has 3 nitrogen and oxygen atoms in total. The molecule has 0 aliphatic carbocycles. The second kappa shape index (κ2) is 6.05.